The second-order valence-corrected chi connectivity index (χ2v) is 9.51. The fraction of sp³-hybridized carbons (Fsp3) is 0.333. The molecule has 5 aliphatic rings. The quantitative estimate of drug-likeness (QED) is 0.530. The van der Waals surface area contributed by atoms with E-state index in [-0.39, 0.29) is 5.41 Å². The summed E-state index contributed by atoms with van der Waals surface area (Å²) in [6, 6.07) is 26.9. The zero-order valence-electron chi connectivity index (χ0n) is 16.1. The van der Waals surface area contributed by atoms with E-state index in [1.54, 1.807) is 11.1 Å². The van der Waals surface area contributed by atoms with Crippen molar-refractivity contribution in [3.8, 4) is 11.1 Å². The van der Waals surface area contributed by atoms with Crippen LogP contribution < -0.4 is 5.32 Å². The topological polar surface area (TPSA) is 12.0 Å². The van der Waals surface area contributed by atoms with Crippen molar-refractivity contribution in [1.82, 2.24) is 0 Å². The fourth-order valence-electron chi connectivity index (χ4n) is 7.82. The van der Waals surface area contributed by atoms with Gasteiger partial charge in [-0.2, -0.15) is 0 Å². The lowest BCUT2D eigenvalue weighted by Crippen LogP contribution is -2.40. The maximum atomic E-state index is 3.81. The molecule has 0 aromatic heterocycles. The Hall–Kier alpha value is -2.54. The van der Waals surface area contributed by atoms with Crippen molar-refractivity contribution in [2.75, 3.05) is 5.32 Å². The summed E-state index contributed by atoms with van der Waals surface area (Å²) in [6.07, 6.45) is 5.79. The third-order valence-electron chi connectivity index (χ3n) is 8.42. The lowest BCUT2D eigenvalue weighted by Gasteiger charge is -2.44. The van der Waals surface area contributed by atoms with Gasteiger partial charge in [-0.25, -0.2) is 0 Å². The third-order valence-corrected chi connectivity index (χ3v) is 8.42. The van der Waals surface area contributed by atoms with Gasteiger partial charge in [-0.3, -0.25) is 0 Å². The van der Waals surface area contributed by atoms with Crippen molar-refractivity contribution in [1.29, 1.82) is 0 Å². The van der Waals surface area contributed by atoms with E-state index in [4.69, 9.17) is 0 Å². The molecule has 8 rings (SSSR count). The van der Waals surface area contributed by atoms with Crippen LogP contribution in [0.5, 0.6) is 0 Å². The molecular weight excluding hydrogens is 338 g/mol. The highest BCUT2D eigenvalue weighted by Crippen LogP contribution is 2.73. The van der Waals surface area contributed by atoms with Crippen LogP contribution >= 0.6 is 0 Å². The minimum atomic E-state index is 0.238. The summed E-state index contributed by atoms with van der Waals surface area (Å²) in [4.78, 5) is 0. The molecule has 4 saturated carbocycles. The molecule has 0 radical (unpaired) electrons. The monoisotopic (exact) mass is 363 g/mol. The minimum Gasteiger partial charge on any atom is -0.355 e. The Labute approximate surface area is 166 Å². The molecule has 1 nitrogen and oxygen atoms in total. The molecule has 5 unspecified atom stereocenters. The largest absolute Gasteiger partial charge is 0.355 e. The molecule has 4 fully saturated rings. The van der Waals surface area contributed by atoms with E-state index in [0.29, 0.717) is 0 Å². The second-order valence-electron chi connectivity index (χ2n) is 9.51. The summed E-state index contributed by atoms with van der Waals surface area (Å²) in [6.45, 7) is 0. The Morgan fingerprint density at radius 3 is 2.43 bits per heavy atom. The number of benzene rings is 3. The maximum absolute atomic E-state index is 3.81. The zero-order valence-corrected chi connectivity index (χ0v) is 16.1. The van der Waals surface area contributed by atoms with Gasteiger partial charge in [-0.15, -0.1) is 0 Å². The lowest BCUT2D eigenvalue weighted by atomic mass is 9.59. The standard InChI is InChI=1S/C27H25N/c1-2-7-20(8-3-1)28-25-12-6-10-22-21-9-4-5-11-23(21)27(26(22)25)19-14-17-13-18(16-19)24(27)15-17/h1-12,17-19,24,28H,13-16H2. The molecule has 1 N–H and O–H groups in total. The van der Waals surface area contributed by atoms with E-state index >= 15 is 0 Å². The number of nitrogens with one attached hydrogen (secondary N) is 1. The highest BCUT2D eigenvalue weighted by atomic mass is 14.9. The van der Waals surface area contributed by atoms with E-state index in [2.05, 4.69) is 78.1 Å². The summed E-state index contributed by atoms with van der Waals surface area (Å²) >= 11 is 0. The molecule has 0 saturated heterocycles. The smallest absolute Gasteiger partial charge is 0.0432 e. The van der Waals surface area contributed by atoms with Crippen LogP contribution in [-0.2, 0) is 5.41 Å². The van der Waals surface area contributed by atoms with Crippen LogP contribution in [0, 0.1) is 23.7 Å². The van der Waals surface area contributed by atoms with Gasteiger partial charge in [0, 0.05) is 16.8 Å². The third kappa shape index (κ3) is 1.74. The lowest BCUT2D eigenvalue weighted by molar-refractivity contribution is 0.191. The van der Waals surface area contributed by atoms with Gasteiger partial charge in [0.05, 0.1) is 0 Å². The van der Waals surface area contributed by atoms with E-state index in [0.717, 1.165) is 23.7 Å². The minimum absolute atomic E-state index is 0.238. The first kappa shape index (κ1) is 15.4. The molecule has 28 heavy (non-hydrogen) atoms. The average Bonchev–Trinajstić information content (AvgIpc) is 3.28. The molecule has 0 aliphatic heterocycles. The summed E-state index contributed by atoms with van der Waals surface area (Å²) in [5.41, 5.74) is 8.97. The van der Waals surface area contributed by atoms with Crippen LogP contribution in [-0.4, -0.2) is 0 Å². The summed E-state index contributed by atoms with van der Waals surface area (Å²) in [7, 11) is 0. The Morgan fingerprint density at radius 1 is 0.714 bits per heavy atom. The van der Waals surface area contributed by atoms with Crippen LogP contribution in [0.25, 0.3) is 11.1 Å². The number of hydrogen-bond acceptors (Lipinski definition) is 1. The van der Waals surface area contributed by atoms with Gasteiger partial charge < -0.3 is 5.32 Å². The second kappa shape index (κ2) is 5.29. The van der Waals surface area contributed by atoms with E-state index < -0.39 is 0 Å². The van der Waals surface area contributed by atoms with Crippen molar-refractivity contribution in [2.24, 2.45) is 23.7 Å². The first-order chi connectivity index (χ1) is 13.9. The van der Waals surface area contributed by atoms with Gasteiger partial charge in [0.25, 0.3) is 0 Å². The van der Waals surface area contributed by atoms with Gasteiger partial charge in [-0.05, 0) is 89.8 Å². The highest BCUT2D eigenvalue weighted by molar-refractivity contribution is 5.88. The number of anilines is 2. The zero-order chi connectivity index (χ0) is 18.3. The highest BCUT2D eigenvalue weighted by Gasteiger charge is 2.66. The van der Waals surface area contributed by atoms with E-state index in [1.165, 1.54) is 48.2 Å². The van der Waals surface area contributed by atoms with Gasteiger partial charge in [0.2, 0.25) is 0 Å². The molecule has 0 amide bonds. The SMILES string of the molecule is c1ccc(Nc2cccc3c2C2(c4ccccc4-3)C3CC4CC(C3)C2C4)cc1. The van der Waals surface area contributed by atoms with E-state index in [9.17, 15) is 0 Å². The van der Waals surface area contributed by atoms with Gasteiger partial charge in [0.15, 0.2) is 0 Å². The molecule has 138 valence electrons. The van der Waals surface area contributed by atoms with Crippen LogP contribution in [0.1, 0.15) is 36.8 Å². The molecule has 0 heterocycles. The van der Waals surface area contributed by atoms with Gasteiger partial charge >= 0.3 is 0 Å². The van der Waals surface area contributed by atoms with Crippen molar-refractivity contribution in [3.63, 3.8) is 0 Å². The van der Waals surface area contributed by atoms with Crippen molar-refractivity contribution in [3.05, 3.63) is 83.9 Å². The van der Waals surface area contributed by atoms with Crippen molar-refractivity contribution >= 4 is 11.4 Å². The van der Waals surface area contributed by atoms with Crippen LogP contribution in [0.15, 0.2) is 72.8 Å². The summed E-state index contributed by atoms with van der Waals surface area (Å²) in [5, 5.41) is 3.81. The summed E-state index contributed by atoms with van der Waals surface area (Å²) in [5.74, 6) is 3.57. The van der Waals surface area contributed by atoms with Crippen molar-refractivity contribution < 1.29 is 0 Å². The normalized spacial score (nSPS) is 33.3. The Kier molecular flexibility index (Phi) is 2.91. The van der Waals surface area contributed by atoms with Crippen molar-refractivity contribution in [2.45, 2.75) is 31.1 Å². The average molecular weight is 364 g/mol. The number of para-hydroxylation sites is 1. The maximum Gasteiger partial charge on any atom is 0.0432 e. The number of hydrogen-bond donors (Lipinski definition) is 1. The molecule has 3 aromatic rings. The van der Waals surface area contributed by atoms with Crippen LogP contribution in [0.2, 0.25) is 0 Å². The first-order valence-corrected chi connectivity index (χ1v) is 10.9. The molecule has 1 heteroatoms. The Balaban J connectivity index is 1.50. The molecule has 4 bridgehead atoms. The molecule has 3 aromatic carbocycles. The molecule has 5 aliphatic carbocycles. The van der Waals surface area contributed by atoms with Gasteiger partial charge in [0.1, 0.15) is 0 Å². The predicted octanol–water partition coefficient (Wildman–Crippen LogP) is 6.76. The molecule has 1 spiro atoms. The number of rotatable bonds is 2. The predicted molar refractivity (Wildman–Crippen MR) is 115 cm³/mol. The van der Waals surface area contributed by atoms with E-state index in [1.807, 2.05) is 0 Å². The van der Waals surface area contributed by atoms with Crippen LogP contribution in [0.3, 0.4) is 0 Å². The molecular formula is C27H25N. The summed E-state index contributed by atoms with van der Waals surface area (Å²) < 4.78 is 0. The Bertz CT molecular complexity index is 1080. The van der Waals surface area contributed by atoms with Gasteiger partial charge in [-0.1, -0.05) is 54.6 Å². The van der Waals surface area contributed by atoms with Crippen LogP contribution in [0.4, 0.5) is 11.4 Å². The fourth-order valence-corrected chi connectivity index (χ4v) is 7.82. The first-order valence-electron chi connectivity index (χ1n) is 10.9. The Morgan fingerprint density at radius 2 is 1.54 bits per heavy atom. The number of fused-ring (bicyclic) bond motifs is 3. The molecule has 5 atom stereocenters.